The Morgan fingerprint density at radius 3 is 1.73 bits per heavy atom. The van der Waals surface area contributed by atoms with E-state index in [1.54, 1.807) is 12.1 Å². The highest BCUT2D eigenvalue weighted by atomic mass is 19.4. The molecule has 167 valence electrons. The van der Waals surface area contributed by atoms with Gasteiger partial charge in [-0.05, 0) is 24.0 Å². The number of ether oxygens (including phenoxy) is 1. The van der Waals surface area contributed by atoms with Crippen LogP contribution in [0.2, 0.25) is 5.82 Å². The van der Waals surface area contributed by atoms with Gasteiger partial charge in [0.15, 0.2) is 0 Å². The summed E-state index contributed by atoms with van der Waals surface area (Å²) in [6, 6.07) is 6.31. The Balaban J connectivity index is 1.40. The summed E-state index contributed by atoms with van der Waals surface area (Å²) in [5.41, 5.74) is 1.05. The summed E-state index contributed by atoms with van der Waals surface area (Å²) in [6.45, 7) is 0. The second kappa shape index (κ2) is 12.1. The molecule has 0 heterocycles. The van der Waals surface area contributed by atoms with Crippen molar-refractivity contribution in [1.82, 2.24) is 0 Å². The van der Waals surface area contributed by atoms with E-state index in [-0.39, 0.29) is 5.75 Å². The summed E-state index contributed by atoms with van der Waals surface area (Å²) < 4.78 is 40.8. The number of halogens is 3. The van der Waals surface area contributed by atoms with Crippen molar-refractivity contribution in [3.05, 3.63) is 29.8 Å². The zero-order chi connectivity index (χ0) is 21.2. The Hall–Kier alpha value is -1.13. The number of hydrogen-bond donors (Lipinski definition) is 0. The quantitative estimate of drug-likeness (QED) is 0.435. The summed E-state index contributed by atoms with van der Waals surface area (Å²) in [5, 5.41) is 0. The van der Waals surface area contributed by atoms with E-state index < -0.39 is 6.36 Å². The molecule has 2 fully saturated rings. The van der Waals surface area contributed by atoms with Gasteiger partial charge in [0.2, 0.25) is 0 Å². The van der Waals surface area contributed by atoms with Gasteiger partial charge in [0, 0.05) is 0 Å². The van der Waals surface area contributed by atoms with Gasteiger partial charge >= 0.3 is 6.36 Å². The molecule has 1 nitrogen and oxygen atoms in total. The Bertz CT molecular complexity index is 581. The van der Waals surface area contributed by atoms with Crippen molar-refractivity contribution in [2.45, 2.75) is 108 Å². The Kier molecular flexibility index (Phi) is 9.45. The van der Waals surface area contributed by atoms with Crippen molar-refractivity contribution in [2.24, 2.45) is 11.8 Å². The molecule has 1 aromatic carbocycles. The molecule has 0 atom stereocenters. The predicted molar refractivity (Wildman–Crippen MR) is 118 cm³/mol. The van der Waals surface area contributed by atoms with Gasteiger partial charge in [-0.1, -0.05) is 120 Å². The molecule has 0 spiro atoms. The minimum atomic E-state index is -4.63. The van der Waals surface area contributed by atoms with Crippen molar-refractivity contribution in [3.63, 3.8) is 0 Å². The van der Waals surface area contributed by atoms with E-state index in [1.807, 2.05) is 0 Å². The molecule has 0 aromatic heterocycles. The Morgan fingerprint density at radius 2 is 1.20 bits per heavy atom. The molecule has 1 aromatic rings. The fourth-order valence-electron chi connectivity index (χ4n) is 5.55. The van der Waals surface area contributed by atoms with E-state index in [1.165, 1.54) is 102 Å². The lowest BCUT2D eigenvalue weighted by molar-refractivity contribution is -0.274. The summed E-state index contributed by atoms with van der Waals surface area (Å²) in [6.07, 6.45) is 15.7. The van der Waals surface area contributed by atoms with E-state index in [9.17, 15) is 13.2 Å². The van der Waals surface area contributed by atoms with Gasteiger partial charge in [0.25, 0.3) is 0 Å². The highest BCUT2D eigenvalue weighted by Gasteiger charge is 2.31. The SMILES string of the molecule is FC(F)(F)Oc1ccc(C[B]C2CCCC(C3CCCCCCCC3)CCC2)cc1. The molecule has 30 heavy (non-hydrogen) atoms. The van der Waals surface area contributed by atoms with Crippen LogP contribution < -0.4 is 4.74 Å². The summed E-state index contributed by atoms with van der Waals surface area (Å²) >= 11 is 0. The van der Waals surface area contributed by atoms with Crippen LogP contribution in [0.15, 0.2) is 24.3 Å². The van der Waals surface area contributed by atoms with Gasteiger partial charge in [0.1, 0.15) is 13.0 Å². The summed E-state index contributed by atoms with van der Waals surface area (Å²) in [4.78, 5) is 0. The molecule has 5 heteroatoms. The van der Waals surface area contributed by atoms with Gasteiger partial charge in [-0.25, -0.2) is 0 Å². The van der Waals surface area contributed by atoms with Gasteiger partial charge in [-0.3, -0.25) is 0 Å². The fourth-order valence-corrected chi connectivity index (χ4v) is 5.55. The lowest BCUT2D eigenvalue weighted by Crippen LogP contribution is -2.19. The molecule has 0 saturated heterocycles. The number of rotatable bonds is 5. The van der Waals surface area contributed by atoms with Crippen molar-refractivity contribution in [3.8, 4) is 5.75 Å². The third-order valence-electron chi connectivity index (χ3n) is 7.21. The smallest absolute Gasteiger partial charge is 0.406 e. The number of benzene rings is 1. The first kappa shape index (κ1) is 23.5. The minimum Gasteiger partial charge on any atom is -0.406 e. The third-order valence-corrected chi connectivity index (χ3v) is 7.21. The fraction of sp³-hybridized carbons (Fsp3) is 0.760. The van der Waals surface area contributed by atoms with Crippen molar-refractivity contribution in [2.75, 3.05) is 0 Å². The van der Waals surface area contributed by atoms with Crippen molar-refractivity contribution in [1.29, 1.82) is 0 Å². The van der Waals surface area contributed by atoms with Crippen LogP contribution in [0.25, 0.3) is 0 Å². The minimum absolute atomic E-state index is 0.145. The molecule has 2 aliphatic rings. The maximum Gasteiger partial charge on any atom is 0.573 e. The standard InChI is InChI=1S/C25H37BF3O/c27-25(28,29)30-24-17-15-20(16-18-24)19-26-23-13-7-11-22(12-8-14-23)21-9-5-3-1-2-4-6-10-21/h15-18,21-23H,1-14,19H2. The maximum absolute atomic E-state index is 12.3. The number of hydrogen-bond acceptors (Lipinski definition) is 1. The molecule has 0 unspecified atom stereocenters. The van der Waals surface area contributed by atoms with Gasteiger partial charge < -0.3 is 4.74 Å². The highest BCUT2D eigenvalue weighted by molar-refractivity contribution is 6.37. The van der Waals surface area contributed by atoms with E-state index in [0.29, 0.717) is 5.82 Å². The molecule has 0 aliphatic heterocycles. The molecule has 2 aliphatic carbocycles. The molecular formula is C25H37BF3O. The van der Waals surface area contributed by atoms with Crippen LogP contribution in [0.4, 0.5) is 13.2 Å². The average Bonchev–Trinajstić information content (AvgIpc) is 2.81. The first-order valence-corrected chi connectivity index (χ1v) is 12.2. The van der Waals surface area contributed by atoms with Crippen LogP contribution in [0.3, 0.4) is 0 Å². The van der Waals surface area contributed by atoms with Crippen LogP contribution >= 0.6 is 0 Å². The molecular weight excluding hydrogens is 384 g/mol. The van der Waals surface area contributed by atoms with Crippen LogP contribution in [0.5, 0.6) is 5.75 Å². The lowest BCUT2D eigenvalue weighted by Gasteiger charge is -2.31. The first-order chi connectivity index (χ1) is 14.5. The summed E-state index contributed by atoms with van der Waals surface area (Å²) in [5.74, 6) is 2.39. The molecule has 0 amide bonds. The molecule has 3 rings (SSSR count). The third kappa shape index (κ3) is 8.55. The predicted octanol–water partition coefficient (Wildman–Crippen LogP) is 8.30. The van der Waals surface area contributed by atoms with E-state index in [2.05, 4.69) is 12.0 Å². The zero-order valence-corrected chi connectivity index (χ0v) is 18.3. The summed E-state index contributed by atoms with van der Waals surface area (Å²) in [7, 11) is 2.39. The van der Waals surface area contributed by atoms with Crippen LogP contribution in [-0.4, -0.2) is 13.6 Å². The average molecular weight is 421 g/mol. The topological polar surface area (TPSA) is 9.23 Å². The van der Waals surface area contributed by atoms with Crippen molar-refractivity contribution < 1.29 is 17.9 Å². The molecule has 2 saturated carbocycles. The number of alkyl halides is 3. The van der Waals surface area contributed by atoms with E-state index in [4.69, 9.17) is 0 Å². The lowest BCUT2D eigenvalue weighted by atomic mass is 9.56. The van der Waals surface area contributed by atoms with E-state index >= 15 is 0 Å². The van der Waals surface area contributed by atoms with Gasteiger partial charge in [0.05, 0.1) is 0 Å². The van der Waals surface area contributed by atoms with Gasteiger partial charge in [-0.2, -0.15) is 0 Å². The van der Waals surface area contributed by atoms with Crippen molar-refractivity contribution >= 4 is 7.28 Å². The first-order valence-electron chi connectivity index (χ1n) is 12.2. The second-order valence-corrected chi connectivity index (χ2v) is 9.47. The van der Waals surface area contributed by atoms with Gasteiger partial charge in [-0.15, -0.1) is 13.2 Å². The normalized spacial score (nSPS) is 25.3. The van der Waals surface area contributed by atoms with Crippen LogP contribution in [0.1, 0.15) is 95.5 Å². The Morgan fingerprint density at radius 1 is 0.700 bits per heavy atom. The van der Waals surface area contributed by atoms with Crippen LogP contribution in [-0.2, 0) is 6.32 Å². The molecule has 1 radical (unpaired) electrons. The largest absolute Gasteiger partial charge is 0.573 e. The second-order valence-electron chi connectivity index (χ2n) is 9.47. The zero-order valence-electron chi connectivity index (χ0n) is 18.3. The monoisotopic (exact) mass is 421 g/mol. The van der Waals surface area contributed by atoms with E-state index in [0.717, 1.165) is 23.7 Å². The van der Waals surface area contributed by atoms with Crippen LogP contribution in [0, 0.1) is 11.8 Å². The molecule has 0 N–H and O–H groups in total. The maximum atomic E-state index is 12.3. The Labute approximate surface area is 181 Å². The highest BCUT2D eigenvalue weighted by Crippen LogP contribution is 2.37. The molecule has 0 bridgehead atoms.